The van der Waals surface area contributed by atoms with Crippen LogP contribution in [-0.4, -0.2) is 48.4 Å². The molecule has 1 aromatic rings. The third-order valence-corrected chi connectivity index (χ3v) is 4.44. The number of halogens is 1. The van der Waals surface area contributed by atoms with E-state index in [2.05, 4.69) is 4.90 Å². The molecule has 5 heteroatoms. The number of benzene rings is 1. The minimum atomic E-state index is -0.267. The monoisotopic (exact) mass is 307 g/mol. The lowest BCUT2D eigenvalue weighted by atomic mass is 9.92. The van der Waals surface area contributed by atoms with Crippen LogP contribution in [0.1, 0.15) is 25.3 Å². The van der Waals surface area contributed by atoms with Gasteiger partial charge >= 0.3 is 0 Å². The molecule has 2 N–H and O–H groups in total. The Labute approximate surface area is 132 Å². The molecule has 22 heavy (non-hydrogen) atoms. The molecule has 0 aromatic heterocycles. The molecule has 1 heterocycles. The Kier molecular flexibility index (Phi) is 5.91. The standard InChI is InChI=1S/C17H26FN3O/c1-13(19)14-7-5-9-21(11-14)12-17(22)20(2)10-15-6-3-4-8-16(15)18/h3-4,6,8,13-14H,5,7,9-12,19H2,1-2H3. The molecule has 2 atom stereocenters. The summed E-state index contributed by atoms with van der Waals surface area (Å²) in [5.41, 5.74) is 6.52. The second-order valence-corrected chi connectivity index (χ2v) is 6.34. The van der Waals surface area contributed by atoms with E-state index in [1.54, 1.807) is 30.1 Å². The highest BCUT2D eigenvalue weighted by Crippen LogP contribution is 2.18. The van der Waals surface area contributed by atoms with Crippen LogP contribution < -0.4 is 5.73 Å². The van der Waals surface area contributed by atoms with Crippen LogP contribution >= 0.6 is 0 Å². The smallest absolute Gasteiger partial charge is 0.236 e. The van der Waals surface area contributed by atoms with Gasteiger partial charge < -0.3 is 10.6 Å². The first-order valence-corrected chi connectivity index (χ1v) is 7.92. The van der Waals surface area contributed by atoms with E-state index in [0.29, 0.717) is 24.6 Å². The maximum absolute atomic E-state index is 13.6. The highest BCUT2D eigenvalue weighted by atomic mass is 19.1. The number of amides is 1. The van der Waals surface area contributed by atoms with E-state index < -0.39 is 0 Å². The lowest BCUT2D eigenvalue weighted by Crippen LogP contribution is -2.46. The van der Waals surface area contributed by atoms with Crippen LogP contribution in [0, 0.1) is 11.7 Å². The van der Waals surface area contributed by atoms with Crippen molar-refractivity contribution in [1.82, 2.24) is 9.80 Å². The quantitative estimate of drug-likeness (QED) is 0.903. The molecule has 0 spiro atoms. The van der Waals surface area contributed by atoms with Crippen molar-refractivity contribution in [2.24, 2.45) is 11.7 Å². The molecule has 122 valence electrons. The topological polar surface area (TPSA) is 49.6 Å². The summed E-state index contributed by atoms with van der Waals surface area (Å²) >= 11 is 0. The highest BCUT2D eigenvalue weighted by molar-refractivity contribution is 5.78. The van der Waals surface area contributed by atoms with Crippen LogP contribution in [0.25, 0.3) is 0 Å². The molecular weight excluding hydrogens is 281 g/mol. The van der Waals surface area contributed by atoms with Crippen LogP contribution in [-0.2, 0) is 11.3 Å². The van der Waals surface area contributed by atoms with Crippen molar-refractivity contribution in [2.75, 3.05) is 26.7 Å². The van der Waals surface area contributed by atoms with Crippen molar-refractivity contribution in [3.63, 3.8) is 0 Å². The minimum Gasteiger partial charge on any atom is -0.340 e. The fourth-order valence-electron chi connectivity index (χ4n) is 2.95. The number of rotatable bonds is 5. The summed E-state index contributed by atoms with van der Waals surface area (Å²) in [5, 5.41) is 0. The fourth-order valence-corrected chi connectivity index (χ4v) is 2.95. The van der Waals surface area contributed by atoms with Crippen LogP contribution in [0.3, 0.4) is 0 Å². The Morgan fingerprint density at radius 2 is 2.23 bits per heavy atom. The van der Waals surface area contributed by atoms with E-state index in [1.165, 1.54) is 6.07 Å². The predicted octanol–water partition coefficient (Wildman–Crippen LogP) is 1.84. The molecule has 2 rings (SSSR count). The van der Waals surface area contributed by atoms with Crippen molar-refractivity contribution in [2.45, 2.75) is 32.4 Å². The first-order chi connectivity index (χ1) is 10.5. The van der Waals surface area contributed by atoms with Crippen molar-refractivity contribution in [1.29, 1.82) is 0 Å². The van der Waals surface area contributed by atoms with Crippen molar-refractivity contribution >= 4 is 5.91 Å². The maximum atomic E-state index is 13.6. The third-order valence-electron chi connectivity index (χ3n) is 4.44. The summed E-state index contributed by atoms with van der Waals surface area (Å²) in [6.45, 7) is 4.52. The van der Waals surface area contributed by atoms with Crippen LogP contribution in [0.15, 0.2) is 24.3 Å². The summed E-state index contributed by atoms with van der Waals surface area (Å²) in [6.07, 6.45) is 2.21. The van der Waals surface area contributed by atoms with Gasteiger partial charge in [-0.05, 0) is 38.3 Å². The Morgan fingerprint density at radius 1 is 1.50 bits per heavy atom. The Morgan fingerprint density at radius 3 is 2.91 bits per heavy atom. The van der Waals surface area contributed by atoms with Gasteiger partial charge in [-0.15, -0.1) is 0 Å². The zero-order chi connectivity index (χ0) is 16.1. The van der Waals surface area contributed by atoms with Crippen molar-refractivity contribution in [3.05, 3.63) is 35.6 Å². The van der Waals surface area contributed by atoms with E-state index in [9.17, 15) is 9.18 Å². The van der Waals surface area contributed by atoms with Gasteiger partial charge in [0.05, 0.1) is 6.54 Å². The summed E-state index contributed by atoms with van der Waals surface area (Å²) in [6, 6.07) is 6.74. The Hall–Kier alpha value is -1.46. The van der Waals surface area contributed by atoms with Crippen LogP contribution in [0.4, 0.5) is 4.39 Å². The van der Waals surface area contributed by atoms with Gasteiger partial charge in [-0.3, -0.25) is 9.69 Å². The third kappa shape index (κ3) is 4.52. The van der Waals surface area contributed by atoms with Crippen LogP contribution in [0.2, 0.25) is 0 Å². The first-order valence-electron chi connectivity index (χ1n) is 7.92. The molecule has 1 aromatic carbocycles. The van der Waals surface area contributed by atoms with Gasteiger partial charge in [0.15, 0.2) is 0 Å². The van der Waals surface area contributed by atoms with Gasteiger partial charge in [0.1, 0.15) is 5.82 Å². The van der Waals surface area contributed by atoms with Gasteiger partial charge in [0.2, 0.25) is 5.91 Å². The average molecular weight is 307 g/mol. The molecule has 1 amide bonds. The van der Waals surface area contributed by atoms with Gasteiger partial charge in [0, 0.05) is 31.7 Å². The molecule has 1 aliphatic rings. The molecule has 1 fully saturated rings. The number of nitrogens with zero attached hydrogens (tertiary/aromatic N) is 2. The molecule has 0 aliphatic carbocycles. The van der Waals surface area contributed by atoms with E-state index in [0.717, 1.165) is 25.9 Å². The first kappa shape index (κ1) is 16.9. The second-order valence-electron chi connectivity index (χ2n) is 6.34. The number of nitrogens with two attached hydrogens (primary N) is 1. The number of piperidine rings is 1. The van der Waals surface area contributed by atoms with Gasteiger partial charge in [-0.1, -0.05) is 18.2 Å². The predicted molar refractivity (Wildman–Crippen MR) is 85.7 cm³/mol. The van der Waals surface area contributed by atoms with E-state index >= 15 is 0 Å². The molecule has 2 unspecified atom stereocenters. The zero-order valence-corrected chi connectivity index (χ0v) is 13.5. The van der Waals surface area contributed by atoms with Crippen molar-refractivity contribution in [3.8, 4) is 0 Å². The summed E-state index contributed by atoms with van der Waals surface area (Å²) in [4.78, 5) is 16.1. The minimum absolute atomic E-state index is 0.0218. The normalized spacial score (nSPS) is 20.6. The van der Waals surface area contributed by atoms with E-state index in [4.69, 9.17) is 5.73 Å². The molecule has 0 bridgehead atoms. The summed E-state index contributed by atoms with van der Waals surface area (Å²) in [7, 11) is 1.72. The molecular formula is C17H26FN3O. The molecule has 0 radical (unpaired) electrons. The number of likely N-dealkylation sites (N-methyl/N-ethyl adjacent to an activating group) is 1. The molecule has 0 saturated carbocycles. The second kappa shape index (κ2) is 7.70. The molecule has 1 saturated heterocycles. The molecule has 1 aliphatic heterocycles. The van der Waals surface area contributed by atoms with Gasteiger partial charge in [0.25, 0.3) is 0 Å². The van der Waals surface area contributed by atoms with E-state index in [1.807, 2.05) is 6.92 Å². The number of likely N-dealkylation sites (tertiary alicyclic amines) is 1. The van der Waals surface area contributed by atoms with E-state index in [-0.39, 0.29) is 17.8 Å². The summed E-state index contributed by atoms with van der Waals surface area (Å²) < 4.78 is 13.6. The lowest BCUT2D eigenvalue weighted by Gasteiger charge is -2.35. The number of carbonyl (C=O) groups excluding carboxylic acids is 1. The largest absolute Gasteiger partial charge is 0.340 e. The van der Waals surface area contributed by atoms with Gasteiger partial charge in [-0.25, -0.2) is 4.39 Å². The Bertz CT molecular complexity index is 506. The summed E-state index contributed by atoms with van der Waals surface area (Å²) in [5.74, 6) is 0.212. The number of carbonyl (C=O) groups is 1. The highest BCUT2D eigenvalue weighted by Gasteiger charge is 2.24. The number of hydrogen-bond acceptors (Lipinski definition) is 3. The average Bonchev–Trinajstić information content (AvgIpc) is 2.49. The SMILES string of the molecule is CC(N)C1CCCN(CC(=O)N(C)Cc2ccccc2F)C1. The number of hydrogen-bond donors (Lipinski definition) is 1. The zero-order valence-electron chi connectivity index (χ0n) is 13.5. The van der Waals surface area contributed by atoms with Crippen molar-refractivity contribution < 1.29 is 9.18 Å². The lowest BCUT2D eigenvalue weighted by molar-refractivity contribution is -0.132. The fraction of sp³-hybridized carbons (Fsp3) is 0.588. The van der Waals surface area contributed by atoms with Crippen LogP contribution in [0.5, 0.6) is 0 Å². The van der Waals surface area contributed by atoms with Gasteiger partial charge in [-0.2, -0.15) is 0 Å². The maximum Gasteiger partial charge on any atom is 0.236 e. The molecule has 4 nitrogen and oxygen atoms in total. The Balaban J connectivity index is 1.87.